The van der Waals surface area contributed by atoms with Crippen LogP contribution in [-0.4, -0.2) is 6.10 Å². The maximum absolute atomic E-state index is 4.87. The fourth-order valence-corrected chi connectivity index (χ4v) is 0.561. The number of hydrogen-bond acceptors (Lipinski definition) is 2. The van der Waals surface area contributed by atoms with Gasteiger partial charge in [-0.15, -0.1) is 0 Å². The lowest BCUT2D eigenvalue weighted by Crippen LogP contribution is -2.06. The van der Waals surface area contributed by atoms with E-state index in [1.165, 1.54) is 0 Å². The second-order valence-electron chi connectivity index (χ2n) is 1.51. The van der Waals surface area contributed by atoms with Crippen molar-refractivity contribution >= 4 is 0 Å². The molecule has 2 nitrogen and oxygen atoms in total. The first-order chi connectivity index (χ1) is 2.88. The average molecular weight is 84.1 g/mol. The zero-order valence-electron chi connectivity index (χ0n) is 3.39. The first-order valence-corrected chi connectivity index (χ1v) is 1.96. The van der Waals surface area contributed by atoms with Gasteiger partial charge in [0, 0.05) is 0 Å². The van der Waals surface area contributed by atoms with Gasteiger partial charge in [0.15, 0.2) is 6.10 Å². The third kappa shape index (κ3) is 0.103. The summed E-state index contributed by atoms with van der Waals surface area (Å²) < 4.78 is 9.62. The smallest absolute Gasteiger partial charge is 0.330 e. The summed E-state index contributed by atoms with van der Waals surface area (Å²) >= 11 is 0. The molecule has 2 heteroatoms. The van der Waals surface area contributed by atoms with E-state index >= 15 is 0 Å². The van der Waals surface area contributed by atoms with Crippen LogP contribution < -0.4 is 0 Å². The molecule has 0 aliphatic carbocycles. The Labute approximate surface area is 35.4 Å². The average Bonchev–Trinajstić information content (AvgIpc) is 2.12. The molecule has 0 saturated carbocycles. The molecule has 0 saturated heterocycles. The minimum atomic E-state index is 0.264. The lowest BCUT2D eigenvalue weighted by Gasteiger charge is -2.02. The van der Waals surface area contributed by atoms with Gasteiger partial charge in [-0.25, -0.2) is 0 Å². The zero-order chi connectivity index (χ0) is 4.15. The van der Waals surface area contributed by atoms with E-state index in [4.69, 9.17) is 9.47 Å². The summed E-state index contributed by atoms with van der Waals surface area (Å²) in [6, 6.07) is 0. The van der Waals surface area contributed by atoms with Crippen LogP contribution in [0.15, 0.2) is 11.7 Å². The normalized spacial score (nSPS) is 35.8. The molecule has 2 aliphatic heterocycles. The molecule has 0 fully saturated rings. The second kappa shape index (κ2) is 0.453. The highest BCUT2D eigenvalue weighted by Gasteiger charge is 2.45. The predicted molar refractivity (Wildman–Crippen MR) is 18.7 cm³/mol. The summed E-state index contributed by atoms with van der Waals surface area (Å²) in [5.41, 5.74) is 0. The van der Waals surface area contributed by atoms with E-state index < -0.39 is 0 Å². The molecule has 2 heterocycles. The van der Waals surface area contributed by atoms with Crippen molar-refractivity contribution in [1.82, 2.24) is 0 Å². The standard InChI is InChI=1S/C4H4O2/c1-2-3-4(5-2)6-3/h2H,1H3. The fraction of sp³-hybridized carbons (Fsp3) is 0.500. The highest BCUT2D eigenvalue weighted by molar-refractivity contribution is 5.24. The lowest BCUT2D eigenvalue weighted by atomic mass is 10.3. The zero-order valence-corrected chi connectivity index (χ0v) is 3.39. The van der Waals surface area contributed by atoms with Gasteiger partial charge in [-0.3, -0.25) is 0 Å². The summed E-state index contributed by atoms with van der Waals surface area (Å²) in [6.07, 6.45) is 0.264. The van der Waals surface area contributed by atoms with E-state index in [0.29, 0.717) is 0 Å². The molecule has 0 spiro atoms. The highest BCUT2D eigenvalue weighted by atomic mass is 16.8. The van der Waals surface area contributed by atoms with Crippen molar-refractivity contribution in [2.45, 2.75) is 13.0 Å². The molecule has 2 rings (SSSR count). The molecule has 0 amide bonds. The van der Waals surface area contributed by atoms with Gasteiger partial charge in [0.05, 0.1) is 0 Å². The first kappa shape index (κ1) is 2.50. The van der Waals surface area contributed by atoms with E-state index in [2.05, 4.69) is 0 Å². The van der Waals surface area contributed by atoms with E-state index in [0.717, 1.165) is 11.7 Å². The maximum Gasteiger partial charge on any atom is 0.330 e. The minimum absolute atomic E-state index is 0.264. The molecule has 0 aromatic heterocycles. The van der Waals surface area contributed by atoms with Crippen LogP contribution in [0.3, 0.4) is 0 Å². The Bertz CT molecular complexity index is 126. The highest BCUT2D eigenvalue weighted by Crippen LogP contribution is 2.42. The van der Waals surface area contributed by atoms with Crippen molar-refractivity contribution in [3.63, 3.8) is 0 Å². The van der Waals surface area contributed by atoms with Crippen LogP contribution in [0.2, 0.25) is 0 Å². The molecule has 0 N–H and O–H groups in total. The quantitative estimate of drug-likeness (QED) is 0.428. The van der Waals surface area contributed by atoms with E-state index in [1.54, 1.807) is 0 Å². The topological polar surface area (TPSA) is 21.8 Å². The van der Waals surface area contributed by atoms with Crippen LogP contribution in [0.5, 0.6) is 0 Å². The van der Waals surface area contributed by atoms with Gasteiger partial charge in [0.1, 0.15) is 0 Å². The van der Waals surface area contributed by atoms with Gasteiger partial charge < -0.3 is 9.47 Å². The Hall–Kier alpha value is -0.660. The number of ether oxygens (including phenoxy) is 2. The van der Waals surface area contributed by atoms with Crippen molar-refractivity contribution in [1.29, 1.82) is 0 Å². The third-order valence-electron chi connectivity index (χ3n) is 1.02. The van der Waals surface area contributed by atoms with Crippen LogP contribution >= 0.6 is 0 Å². The molecule has 0 bridgehead atoms. The van der Waals surface area contributed by atoms with Crippen molar-refractivity contribution < 1.29 is 9.47 Å². The number of rotatable bonds is 0. The fourth-order valence-electron chi connectivity index (χ4n) is 0.561. The summed E-state index contributed by atoms with van der Waals surface area (Å²) in [6.45, 7) is 1.96. The molecule has 1 unspecified atom stereocenters. The molecule has 2 aliphatic rings. The van der Waals surface area contributed by atoms with E-state index in [1.807, 2.05) is 6.92 Å². The minimum Gasteiger partial charge on any atom is -0.451 e. The summed E-state index contributed by atoms with van der Waals surface area (Å²) in [5.74, 6) is 1.82. The Kier molecular flexibility index (Phi) is 0.189. The van der Waals surface area contributed by atoms with Crippen LogP contribution in [0.25, 0.3) is 0 Å². The Morgan fingerprint density at radius 1 is 1.67 bits per heavy atom. The van der Waals surface area contributed by atoms with Crippen molar-refractivity contribution in [3.05, 3.63) is 11.7 Å². The van der Waals surface area contributed by atoms with Gasteiger partial charge in [0.25, 0.3) is 0 Å². The number of hydrogen-bond donors (Lipinski definition) is 0. The summed E-state index contributed by atoms with van der Waals surface area (Å²) in [4.78, 5) is 0. The monoisotopic (exact) mass is 84.0 g/mol. The van der Waals surface area contributed by atoms with Crippen molar-refractivity contribution in [3.8, 4) is 0 Å². The molecule has 0 radical (unpaired) electrons. The summed E-state index contributed by atoms with van der Waals surface area (Å²) in [5, 5.41) is 0. The molecule has 6 heavy (non-hydrogen) atoms. The molecule has 1 atom stereocenters. The van der Waals surface area contributed by atoms with Crippen LogP contribution in [0.4, 0.5) is 0 Å². The molecular formula is C4H4O2. The van der Waals surface area contributed by atoms with E-state index in [-0.39, 0.29) is 6.10 Å². The molecule has 0 aromatic carbocycles. The van der Waals surface area contributed by atoms with Gasteiger partial charge in [0.2, 0.25) is 5.76 Å². The van der Waals surface area contributed by atoms with Crippen LogP contribution in [0, 0.1) is 0 Å². The van der Waals surface area contributed by atoms with Crippen LogP contribution in [-0.2, 0) is 9.47 Å². The van der Waals surface area contributed by atoms with Gasteiger partial charge in [-0.2, -0.15) is 0 Å². The Morgan fingerprint density at radius 3 is 2.50 bits per heavy atom. The Balaban J connectivity index is 2.32. The molecule has 0 aromatic rings. The van der Waals surface area contributed by atoms with E-state index in [9.17, 15) is 0 Å². The first-order valence-electron chi connectivity index (χ1n) is 1.96. The van der Waals surface area contributed by atoms with Crippen LogP contribution in [0.1, 0.15) is 6.92 Å². The maximum atomic E-state index is 4.87. The largest absolute Gasteiger partial charge is 0.451 e. The third-order valence-corrected chi connectivity index (χ3v) is 1.02. The molecule has 32 valence electrons. The SMILES string of the molecule is CC1OC2=C1O2. The predicted octanol–water partition coefficient (Wildman–Crippen LogP) is 0.604. The van der Waals surface area contributed by atoms with Gasteiger partial charge in [-0.1, -0.05) is 0 Å². The molecular weight excluding hydrogens is 80.0 g/mol. The van der Waals surface area contributed by atoms with Gasteiger partial charge >= 0.3 is 5.95 Å². The lowest BCUT2D eigenvalue weighted by molar-refractivity contribution is 0.140. The second-order valence-corrected chi connectivity index (χ2v) is 1.51. The van der Waals surface area contributed by atoms with Crippen molar-refractivity contribution in [2.24, 2.45) is 0 Å². The van der Waals surface area contributed by atoms with Gasteiger partial charge in [-0.05, 0) is 6.92 Å². The Morgan fingerprint density at radius 2 is 2.50 bits per heavy atom. The summed E-state index contributed by atoms with van der Waals surface area (Å²) in [7, 11) is 0. The van der Waals surface area contributed by atoms with Crippen molar-refractivity contribution in [2.75, 3.05) is 0 Å².